The lowest BCUT2D eigenvalue weighted by atomic mass is 9.91. The van der Waals surface area contributed by atoms with Crippen molar-refractivity contribution in [3.63, 3.8) is 0 Å². The molecule has 0 bridgehead atoms. The molecule has 0 fully saturated rings. The predicted octanol–water partition coefficient (Wildman–Crippen LogP) is 3.63. The smallest absolute Gasteiger partial charge is 0.137 e. The number of fused-ring (bicyclic) bond motifs is 1. The average Bonchev–Trinajstić information content (AvgIpc) is 2.96. The van der Waals surface area contributed by atoms with Crippen LogP contribution in [0.25, 0.3) is 0 Å². The topological polar surface area (TPSA) is 42.4 Å². The lowest BCUT2D eigenvalue weighted by molar-refractivity contribution is 0.144. The molecule has 0 spiro atoms. The highest BCUT2D eigenvalue weighted by Crippen LogP contribution is 2.41. The molecular formula is C18H21NO2. The van der Waals surface area contributed by atoms with Gasteiger partial charge in [0.05, 0.1) is 18.9 Å². The molecule has 2 aromatic rings. The Morgan fingerprint density at radius 3 is 3.05 bits per heavy atom. The van der Waals surface area contributed by atoms with Gasteiger partial charge in [0.2, 0.25) is 0 Å². The molecule has 0 saturated heterocycles. The van der Waals surface area contributed by atoms with Crippen LogP contribution in [0, 0.1) is 0 Å². The zero-order valence-electron chi connectivity index (χ0n) is 12.3. The summed E-state index contributed by atoms with van der Waals surface area (Å²) in [4.78, 5) is 4.20. The number of aliphatic hydroxyl groups excluding tert-OH is 1. The van der Waals surface area contributed by atoms with Crippen LogP contribution in [-0.2, 0) is 6.42 Å². The molecule has 1 aromatic carbocycles. The van der Waals surface area contributed by atoms with Crippen molar-refractivity contribution in [2.75, 3.05) is 6.61 Å². The van der Waals surface area contributed by atoms with E-state index >= 15 is 0 Å². The van der Waals surface area contributed by atoms with Gasteiger partial charge in [0.25, 0.3) is 0 Å². The first-order valence-electron chi connectivity index (χ1n) is 7.63. The van der Waals surface area contributed by atoms with Crippen LogP contribution in [0.3, 0.4) is 0 Å². The third-order valence-corrected chi connectivity index (χ3v) is 4.11. The molecule has 0 radical (unpaired) electrons. The average molecular weight is 283 g/mol. The second-order valence-corrected chi connectivity index (χ2v) is 5.59. The molecule has 1 heterocycles. The maximum Gasteiger partial charge on any atom is 0.137 e. The number of aromatic nitrogens is 1. The van der Waals surface area contributed by atoms with Gasteiger partial charge in [-0.15, -0.1) is 0 Å². The van der Waals surface area contributed by atoms with Crippen LogP contribution in [0.2, 0.25) is 0 Å². The van der Waals surface area contributed by atoms with Gasteiger partial charge in [-0.3, -0.25) is 4.98 Å². The third kappa shape index (κ3) is 2.93. The fourth-order valence-corrected chi connectivity index (χ4v) is 3.05. The molecule has 3 nitrogen and oxygen atoms in total. The van der Waals surface area contributed by atoms with Gasteiger partial charge in [0.1, 0.15) is 5.75 Å². The van der Waals surface area contributed by atoms with E-state index in [9.17, 15) is 5.11 Å². The minimum absolute atomic E-state index is 0.157. The van der Waals surface area contributed by atoms with Crippen LogP contribution in [0.5, 0.6) is 5.75 Å². The van der Waals surface area contributed by atoms with Crippen molar-refractivity contribution in [3.8, 4) is 5.75 Å². The highest BCUT2D eigenvalue weighted by atomic mass is 16.5. The molecule has 1 N–H and O–H groups in total. The largest absolute Gasteiger partial charge is 0.492 e. The van der Waals surface area contributed by atoms with Crippen molar-refractivity contribution in [2.24, 2.45) is 0 Å². The SMILES string of the molecule is CCCOc1cncc(C(O)C2CCc3ccccc32)c1. The molecule has 1 aliphatic carbocycles. The summed E-state index contributed by atoms with van der Waals surface area (Å²) in [5, 5.41) is 10.7. The Morgan fingerprint density at radius 1 is 1.33 bits per heavy atom. The van der Waals surface area contributed by atoms with Gasteiger partial charge in [-0.05, 0) is 36.5 Å². The molecule has 2 atom stereocenters. The summed E-state index contributed by atoms with van der Waals surface area (Å²) < 4.78 is 5.60. The number of aryl methyl sites for hydroxylation is 1. The van der Waals surface area contributed by atoms with E-state index in [1.54, 1.807) is 12.4 Å². The van der Waals surface area contributed by atoms with Crippen molar-refractivity contribution in [1.82, 2.24) is 4.98 Å². The summed E-state index contributed by atoms with van der Waals surface area (Å²) in [5.41, 5.74) is 3.46. The summed E-state index contributed by atoms with van der Waals surface area (Å²) in [5.74, 6) is 0.893. The second-order valence-electron chi connectivity index (χ2n) is 5.59. The molecule has 110 valence electrons. The van der Waals surface area contributed by atoms with Crippen molar-refractivity contribution < 1.29 is 9.84 Å². The predicted molar refractivity (Wildman–Crippen MR) is 82.5 cm³/mol. The van der Waals surface area contributed by atoms with Gasteiger partial charge in [-0.25, -0.2) is 0 Å². The van der Waals surface area contributed by atoms with Gasteiger partial charge >= 0.3 is 0 Å². The highest BCUT2D eigenvalue weighted by molar-refractivity contribution is 5.38. The van der Waals surface area contributed by atoms with E-state index in [0.29, 0.717) is 6.61 Å². The number of ether oxygens (including phenoxy) is 1. The Morgan fingerprint density at radius 2 is 2.19 bits per heavy atom. The first-order chi connectivity index (χ1) is 10.3. The first-order valence-corrected chi connectivity index (χ1v) is 7.63. The third-order valence-electron chi connectivity index (χ3n) is 4.11. The number of pyridine rings is 1. The minimum atomic E-state index is -0.522. The quantitative estimate of drug-likeness (QED) is 0.911. The molecule has 3 rings (SSSR count). The first kappa shape index (κ1) is 14.1. The molecule has 0 aliphatic heterocycles. The highest BCUT2D eigenvalue weighted by Gasteiger charge is 2.29. The number of rotatable bonds is 5. The number of hydrogen-bond donors (Lipinski definition) is 1. The van der Waals surface area contributed by atoms with Gasteiger partial charge in [0, 0.05) is 17.7 Å². The zero-order valence-corrected chi connectivity index (χ0v) is 12.3. The van der Waals surface area contributed by atoms with E-state index in [1.807, 2.05) is 12.1 Å². The molecule has 1 aromatic heterocycles. The van der Waals surface area contributed by atoms with Crippen LogP contribution in [0.15, 0.2) is 42.7 Å². The van der Waals surface area contributed by atoms with Crippen LogP contribution >= 0.6 is 0 Å². The zero-order chi connectivity index (χ0) is 14.7. The molecule has 0 amide bonds. The Labute approximate surface area is 125 Å². The Kier molecular flexibility index (Phi) is 4.20. The number of aliphatic hydroxyl groups is 1. The lowest BCUT2D eigenvalue weighted by Crippen LogP contribution is -2.09. The van der Waals surface area contributed by atoms with Gasteiger partial charge in [-0.1, -0.05) is 31.2 Å². The molecule has 0 saturated carbocycles. The maximum absolute atomic E-state index is 10.7. The number of nitrogens with zero attached hydrogens (tertiary/aromatic N) is 1. The molecule has 3 heteroatoms. The molecule has 1 aliphatic rings. The Balaban J connectivity index is 1.81. The van der Waals surface area contributed by atoms with Crippen molar-refractivity contribution >= 4 is 0 Å². The lowest BCUT2D eigenvalue weighted by Gasteiger charge is -2.20. The summed E-state index contributed by atoms with van der Waals surface area (Å²) >= 11 is 0. The van der Waals surface area contributed by atoms with Crippen molar-refractivity contribution in [3.05, 3.63) is 59.4 Å². The molecule has 21 heavy (non-hydrogen) atoms. The van der Waals surface area contributed by atoms with E-state index in [0.717, 1.165) is 30.6 Å². The van der Waals surface area contributed by atoms with E-state index in [4.69, 9.17) is 4.74 Å². The van der Waals surface area contributed by atoms with Crippen LogP contribution in [0.4, 0.5) is 0 Å². The van der Waals surface area contributed by atoms with Crippen LogP contribution in [-0.4, -0.2) is 16.7 Å². The fraction of sp³-hybridized carbons (Fsp3) is 0.389. The Bertz CT molecular complexity index is 612. The van der Waals surface area contributed by atoms with Gasteiger partial charge < -0.3 is 9.84 Å². The fourth-order valence-electron chi connectivity index (χ4n) is 3.05. The van der Waals surface area contributed by atoms with Crippen molar-refractivity contribution in [1.29, 1.82) is 0 Å². The van der Waals surface area contributed by atoms with Crippen LogP contribution < -0.4 is 4.74 Å². The van der Waals surface area contributed by atoms with Gasteiger partial charge in [-0.2, -0.15) is 0 Å². The minimum Gasteiger partial charge on any atom is -0.492 e. The normalized spacial score (nSPS) is 18.3. The van der Waals surface area contributed by atoms with E-state index in [1.165, 1.54) is 11.1 Å². The molecular weight excluding hydrogens is 262 g/mol. The molecule has 2 unspecified atom stereocenters. The number of benzene rings is 1. The Hall–Kier alpha value is -1.87. The standard InChI is InChI=1S/C18H21NO2/c1-2-9-21-15-10-14(11-19-12-15)18(20)17-8-7-13-5-3-4-6-16(13)17/h3-6,10-12,17-18,20H,2,7-9H2,1H3. The van der Waals surface area contributed by atoms with Crippen molar-refractivity contribution in [2.45, 2.75) is 38.2 Å². The summed E-state index contributed by atoms with van der Waals surface area (Å²) in [7, 11) is 0. The van der Waals surface area contributed by atoms with E-state index in [2.05, 4.69) is 30.1 Å². The van der Waals surface area contributed by atoms with Crippen LogP contribution in [0.1, 0.15) is 48.5 Å². The summed E-state index contributed by atoms with van der Waals surface area (Å²) in [6.07, 6.45) is 5.91. The summed E-state index contributed by atoms with van der Waals surface area (Å²) in [6, 6.07) is 10.3. The number of hydrogen-bond acceptors (Lipinski definition) is 3. The van der Waals surface area contributed by atoms with E-state index < -0.39 is 6.10 Å². The van der Waals surface area contributed by atoms with E-state index in [-0.39, 0.29) is 5.92 Å². The second kappa shape index (κ2) is 6.27. The van der Waals surface area contributed by atoms with Gasteiger partial charge in [0.15, 0.2) is 0 Å². The maximum atomic E-state index is 10.7. The summed E-state index contributed by atoms with van der Waals surface area (Å²) in [6.45, 7) is 2.75. The monoisotopic (exact) mass is 283 g/mol.